The van der Waals surface area contributed by atoms with Crippen LogP contribution in [0.4, 0.5) is 13.2 Å². The summed E-state index contributed by atoms with van der Waals surface area (Å²) in [5.74, 6) is 0. The van der Waals surface area contributed by atoms with E-state index >= 15 is 0 Å². The van der Waals surface area contributed by atoms with Crippen molar-refractivity contribution in [2.45, 2.75) is 37.5 Å². The third-order valence-corrected chi connectivity index (χ3v) is 5.36. The second-order valence-corrected chi connectivity index (χ2v) is 6.72. The van der Waals surface area contributed by atoms with Gasteiger partial charge in [-0.15, -0.1) is 0 Å². The number of rotatable bonds is 3. The van der Waals surface area contributed by atoms with Crippen LogP contribution >= 0.6 is 0 Å². The molecule has 0 saturated carbocycles. The van der Waals surface area contributed by atoms with Crippen molar-refractivity contribution in [2.24, 2.45) is 0 Å². The van der Waals surface area contributed by atoms with Crippen LogP contribution in [0.5, 0.6) is 0 Å². The standard InChI is InChI=1S/C11H17F3N4O2S/c1-3-17-7-9(10(16-17)11(12,13)14)21(19,20)18-5-4-15-6-8(18)2/h7-8,15H,3-6H2,1-2H3/t8-/m0/s1. The number of aryl methyl sites for hydroxylation is 1. The third-order valence-electron chi connectivity index (χ3n) is 3.35. The van der Waals surface area contributed by atoms with E-state index in [-0.39, 0.29) is 13.1 Å². The smallest absolute Gasteiger partial charge is 0.314 e. The molecule has 0 aliphatic carbocycles. The quantitative estimate of drug-likeness (QED) is 0.896. The molecule has 1 aliphatic heterocycles. The highest BCUT2D eigenvalue weighted by molar-refractivity contribution is 7.89. The van der Waals surface area contributed by atoms with Gasteiger partial charge in [-0.2, -0.15) is 22.6 Å². The SMILES string of the molecule is CCn1cc(S(=O)(=O)N2CCNC[C@@H]2C)c(C(F)(F)F)n1. The molecule has 1 fully saturated rings. The second-order valence-electron chi connectivity index (χ2n) is 4.86. The minimum absolute atomic E-state index is 0.137. The Kier molecular flexibility index (Phi) is 4.31. The lowest BCUT2D eigenvalue weighted by Crippen LogP contribution is -2.52. The molecule has 0 bridgehead atoms. The molecule has 1 aromatic rings. The van der Waals surface area contributed by atoms with Crippen LogP contribution in [0, 0.1) is 0 Å². The zero-order valence-corrected chi connectivity index (χ0v) is 12.5. The average Bonchev–Trinajstić information content (AvgIpc) is 2.84. The summed E-state index contributed by atoms with van der Waals surface area (Å²) >= 11 is 0. The molecule has 1 aliphatic rings. The van der Waals surface area contributed by atoms with E-state index in [0.717, 1.165) is 15.2 Å². The first-order valence-corrected chi connectivity index (χ1v) is 7.99. The topological polar surface area (TPSA) is 67.2 Å². The van der Waals surface area contributed by atoms with Crippen LogP contribution < -0.4 is 5.32 Å². The lowest BCUT2D eigenvalue weighted by Gasteiger charge is -2.32. The molecule has 1 atom stereocenters. The summed E-state index contributed by atoms with van der Waals surface area (Å²) in [6.07, 6.45) is -3.85. The molecular weight excluding hydrogens is 309 g/mol. The first-order chi connectivity index (χ1) is 9.67. The normalized spacial score (nSPS) is 21.7. The van der Waals surface area contributed by atoms with E-state index in [2.05, 4.69) is 10.4 Å². The number of halogens is 3. The van der Waals surface area contributed by atoms with Gasteiger partial charge in [-0.3, -0.25) is 4.68 Å². The number of hydrogen-bond acceptors (Lipinski definition) is 4. The van der Waals surface area contributed by atoms with Crippen LogP contribution in [0.15, 0.2) is 11.1 Å². The Morgan fingerprint density at radius 3 is 2.67 bits per heavy atom. The summed E-state index contributed by atoms with van der Waals surface area (Å²) in [5.41, 5.74) is -1.35. The molecule has 0 amide bonds. The predicted octanol–water partition coefficient (Wildman–Crippen LogP) is 0.904. The molecule has 0 unspecified atom stereocenters. The average molecular weight is 326 g/mol. The Balaban J connectivity index is 2.51. The van der Waals surface area contributed by atoms with Crippen LogP contribution in [-0.2, 0) is 22.7 Å². The van der Waals surface area contributed by atoms with Crippen LogP contribution in [0.1, 0.15) is 19.5 Å². The number of piperazine rings is 1. The molecule has 1 N–H and O–H groups in total. The maximum atomic E-state index is 13.0. The molecule has 0 spiro atoms. The van der Waals surface area contributed by atoms with Gasteiger partial charge in [-0.1, -0.05) is 0 Å². The number of nitrogens with one attached hydrogen (secondary N) is 1. The Labute approximate surface area is 121 Å². The lowest BCUT2D eigenvalue weighted by molar-refractivity contribution is -0.143. The third kappa shape index (κ3) is 3.06. The van der Waals surface area contributed by atoms with Gasteiger partial charge in [0, 0.05) is 38.4 Å². The van der Waals surface area contributed by atoms with Gasteiger partial charge in [0.05, 0.1) is 0 Å². The monoisotopic (exact) mass is 326 g/mol. The van der Waals surface area contributed by atoms with E-state index in [1.807, 2.05) is 0 Å². The summed E-state index contributed by atoms with van der Waals surface area (Å²) in [5, 5.41) is 6.36. The lowest BCUT2D eigenvalue weighted by atomic mass is 10.3. The molecule has 2 rings (SSSR count). The molecule has 0 aromatic carbocycles. The summed E-state index contributed by atoms with van der Waals surface area (Å²) in [4.78, 5) is -0.773. The molecule has 1 aromatic heterocycles. The second kappa shape index (κ2) is 5.58. The Hall–Kier alpha value is -1.13. The Morgan fingerprint density at radius 1 is 1.48 bits per heavy atom. The van der Waals surface area contributed by atoms with Gasteiger partial charge < -0.3 is 5.32 Å². The van der Waals surface area contributed by atoms with Crippen molar-refractivity contribution in [3.8, 4) is 0 Å². The van der Waals surface area contributed by atoms with Crippen molar-refractivity contribution in [1.29, 1.82) is 0 Å². The maximum Gasteiger partial charge on any atom is 0.436 e. The van der Waals surface area contributed by atoms with Crippen molar-refractivity contribution < 1.29 is 21.6 Å². The first kappa shape index (κ1) is 16.2. The maximum absolute atomic E-state index is 13.0. The molecule has 0 radical (unpaired) electrons. The number of hydrogen-bond donors (Lipinski definition) is 1. The number of nitrogens with zero attached hydrogens (tertiary/aromatic N) is 3. The zero-order valence-electron chi connectivity index (χ0n) is 11.7. The molecule has 21 heavy (non-hydrogen) atoms. The van der Waals surface area contributed by atoms with E-state index < -0.39 is 32.8 Å². The Bertz CT molecular complexity index is 611. The highest BCUT2D eigenvalue weighted by Gasteiger charge is 2.43. The van der Waals surface area contributed by atoms with Crippen LogP contribution in [-0.4, -0.2) is 48.2 Å². The summed E-state index contributed by atoms with van der Waals surface area (Å²) in [6.45, 7) is 4.36. The summed E-state index contributed by atoms with van der Waals surface area (Å²) in [7, 11) is -4.22. The molecule has 6 nitrogen and oxygen atoms in total. The van der Waals surface area contributed by atoms with E-state index in [1.165, 1.54) is 0 Å². The van der Waals surface area contributed by atoms with Crippen molar-refractivity contribution in [1.82, 2.24) is 19.4 Å². The molecule has 1 saturated heterocycles. The van der Waals surface area contributed by atoms with Crippen LogP contribution in [0.25, 0.3) is 0 Å². The number of sulfonamides is 1. The number of alkyl halides is 3. The van der Waals surface area contributed by atoms with Crippen molar-refractivity contribution in [3.63, 3.8) is 0 Å². The van der Waals surface area contributed by atoms with E-state index in [4.69, 9.17) is 0 Å². The van der Waals surface area contributed by atoms with Gasteiger partial charge in [0.25, 0.3) is 0 Å². The minimum Gasteiger partial charge on any atom is -0.314 e. The van der Waals surface area contributed by atoms with Crippen LogP contribution in [0.2, 0.25) is 0 Å². The van der Waals surface area contributed by atoms with E-state index in [9.17, 15) is 21.6 Å². The molecule has 120 valence electrons. The summed E-state index contributed by atoms with van der Waals surface area (Å²) < 4.78 is 66.2. The molecular formula is C11H17F3N4O2S. The fourth-order valence-electron chi connectivity index (χ4n) is 2.26. The van der Waals surface area contributed by atoms with Gasteiger partial charge >= 0.3 is 6.18 Å². The fourth-order valence-corrected chi connectivity index (χ4v) is 4.04. The highest BCUT2D eigenvalue weighted by Crippen LogP contribution is 2.34. The van der Waals surface area contributed by atoms with Crippen molar-refractivity contribution in [3.05, 3.63) is 11.9 Å². The minimum atomic E-state index is -4.81. The Morgan fingerprint density at radius 2 is 2.14 bits per heavy atom. The number of aromatic nitrogens is 2. The van der Waals surface area contributed by atoms with Crippen molar-refractivity contribution >= 4 is 10.0 Å². The van der Waals surface area contributed by atoms with Gasteiger partial charge in [-0.05, 0) is 13.8 Å². The highest BCUT2D eigenvalue weighted by atomic mass is 32.2. The first-order valence-electron chi connectivity index (χ1n) is 6.55. The zero-order chi connectivity index (χ0) is 15.8. The van der Waals surface area contributed by atoms with Gasteiger partial charge in [0.1, 0.15) is 4.90 Å². The fraction of sp³-hybridized carbons (Fsp3) is 0.727. The van der Waals surface area contributed by atoms with Crippen molar-refractivity contribution in [2.75, 3.05) is 19.6 Å². The van der Waals surface area contributed by atoms with E-state index in [0.29, 0.717) is 13.1 Å². The van der Waals surface area contributed by atoms with E-state index in [1.54, 1.807) is 13.8 Å². The van der Waals surface area contributed by atoms with Gasteiger partial charge in [-0.25, -0.2) is 8.42 Å². The molecule has 2 heterocycles. The largest absolute Gasteiger partial charge is 0.436 e. The van der Waals surface area contributed by atoms with Gasteiger partial charge in [0.15, 0.2) is 5.69 Å². The van der Waals surface area contributed by atoms with Crippen LogP contribution in [0.3, 0.4) is 0 Å². The molecule has 10 heteroatoms. The van der Waals surface area contributed by atoms with Gasteiger partial charge in [0.2, 0.25) is 10.0 Å². The summed E-state index contributed by atoms with van der Waals surface area (Å²) in [6, 6.07) is -0.408. The predicted molar refractivity (Wildman–Crippen MR) is 69.1 cm³/mol.